The van der Waals surface area contributed by atoms with E-state index in [0.29, 0.717) is 92.5 Å². The molecule has 10 heteroatoms. The fraction of sp³-hybridized carbons (Fsp3) is 1.00. The maximum atomic E-state index is 10.3. The molecule has 0 aliphatic rings. The lowest BCUT2D eigenvalue weighted by molar-refractivity contribution is -0.104. The van der Waals surface area contributed by atoms with E-state index in [-0.39, 0.29) is 19.8 Å². The zero-order valence-corrected chi connectivity index (χ0v) is 27.6. The number of hydrogen-bond donors (Lipinski definition) is 3. The molecule has 3 N–H and O–H groups in total. The van der Waals surface area contributed by atoms with Crippen molar-refractivity contribution >= 4 is 0 Å². The topological polar surface area (TPSA) is 125 Å². The Labute approximate surface area is 263 Å². The average Bonchev–Trinajstić information content (AvgIpc) is 3.02. The molecule has 0 aromatic rings. The second kappa shape index (κ2) is 36.1. The molecule has 260 valence electrons. The van der Waals surface area contributed by atoms with Crippen LogP contribution in [-0.2, 0) is 33.2 Å². The maximum absolute atomic E-state index is 10.3. The summed E-state index contributed by atoms with van der Waals surface area (Å²) in [4.78, 5) is 0. The van der Waals surface area contributed by atoms with Gasteiger partial charge in [0.15, 0.2) is 0 Å². The first-order valence-corrected chi connectivity index (χ1v) is 17.1. The number of hydrogen-bond acceptors (Lipinski definition) is 10. The minimum atomic E-state index is -0.662. The van der Waals surface area contributed by atoms with Gasteiger partial charge in [0.05, 0.1) is 111 Å². The van der Waals surface area contributed by atoms with Crippen molar-refractivity contribution in [2.75, 3.05) is 112 Å². The Kier molecular flexibility index (Phi) is 35.7. The van der Waals surface area contributed by atoms with E-state index in [4.69, 9.17) is 43.4 Å². The van der Waals surface area contributed by atoms with Gasteiger partial charge in [-0.3, -0.25) is 0 Å². The van der Waals surface area contributed by atoms with Gasteiger partial charge in [0.1, 0.15) is 0 Å². The largest absolute Gasteiger partial charge is 0.396 e. The predicted molar refractivity (Wildman–Crippen MR) is 170 cm³/mol. The molecule has 43 heavy (non-hydrogen) atoms. The summed E-state index contributed by atoms with van der Waals surface area (Å²) in [7, 11) is 0. The highest BCUT2D eigenvalue weighted by molar-refractivity contribution is 4.78. The molecular weight excluding hydrogens is 556 g/mol. The number of rotatable bonds is 38. The van der Waals surface area contributed by atoms with Gasteiger partial charge in [-0.2, -0.15) is 0 Å². The summed E-state index contributed by atoms with van der Waals surface area (Å²) in [5.74, 6) is 0. The van der Waals surface area contributed by atoms with Gasteiger partial charge in [-0.1, -0.05) is 90.4 Å². The quantitative estimate of drug-likeness (QED) is 0.0843. The van der Waals surface area contributed by atoms with Gasteiger partial charge in [0.25, 0.3) is 0 Å². The van der Waals surface area contributed by atoms with Crippen molar-refractivity contribution in [2.24, 2.45) is 5.41 Å². The standard InChI is InChI=1S/C33H68O10/c1-2-3-4-5-6-7-8-9-10-11-12-13-14-15-18-41-30-33(29-36,31-42-27-25-39-23-21-37-19-16-34)32-43-28-26-40-24-22-38-20-17-35/h34-36H,2-32H2,1H3. The first kappa shape index (κ1) is 42.6. The molecule has 0 aliphatic heterocycles. The van der Waals surface area contributed by atoms with Crippen molar-refractivity contribution in [1.82, 2.24) is 0 Å². The summed E-state index contributed by atoms with van der Waals surface area (Å²) >= 11 is 0. The van der Waals surface area contributed by atoms with E-state index >= 15 is 0 Å². The molecule has 10 nitrogen and oxygen atoms in total. The molecule has 0 atom stereocenters. The Bertz CT molecular complexity index is 490. The predicted octanol–water partition coefficient (Wildman–Crippen LogP) is 4.55. The highest BCUT2D eigenvalue weighted by Gasteiger charge is 2.31. The van der Waals surface area contributed by atoms with Crippen LogP contribution in [-0.4, -0.2) is 128 Å². The molecule has 0 aromatic heterocycles. The Balaban J connectivity index is 4.10. The van der Waals surface area contributed by atoms with Crippen molar-refractivity contribution in [2.45, 2.75) is 96.8 Å². The van der Waals surface area contributed by atoms with Crippen molar-refractivity contribution in [3.63, 3.8) is 0 Å². The number of aliphatic hydroxyl groups excluding tert-OH is 3. The Morgan fingerprint density at radius 2 is 0.651 bits per heavy atom. The minimum absolute atomic E-state index is 0.00106. The third-order valence-corrected chi connectivity index (χ3v) is 7.16. The molecule has 0 saturated carbocycles. The summed E-state index contributed by atoms with van der Waals surface area (Å²) in [5.41, 5.74) is -0.662. The third-order valence-electron chi connectivity index (χ3n) is 7.16. The van der Waals surface area contributed by atoms with E-state index in [9.17, 15) is 5.11 Å². The minimum Gasteiger partial charge on any atom is -0.396 e. The third kappa shape index (κ3) is 31.4. The summed E-state index contributed by atoms with van der Waals surface area (Å²) in [6, 6.07) is 0. The van der Waals surface area contributed by atoms with Crippen molar-refractivity contribution < 1.29 is 48.5 Å². The Morgan fingerprint density at radius 1 is 0.349 bits per heavy atom. The molecule has 0 unspecified atom stereocenters. The zero-order chi connectivity index (χ0) is 31.4. The smallest absolute Gasteiger partial charge is 0.0701 e. The highest BCUT2D eigenvalue weighted by Crippen LogP contribution is 2.20. The molecule has 0 amide bonds. The van der Waals surface area contributed by atoms with Crippen LogP contribution in [0.3, 0.4) is 0 Å². The molecule has 0 saturated heterocycles. The van der Waals surface area contributed by atoms with E-state index in [2.05, 4.69) is 6.92 Å². The van der Waals surface area contributed by atoms with Crippen LogP contribution in [0.2, 0.25) is 0 Å². The van der Waals surface area contributed by atoms with Gasteiger partial charge >= 0.3 is 0 Å². The van der Waals surface area contributed by atoms with Crippen molar-refractivity contribution in [3.8, 4) is 0 Å². The lowest BCUT2D eigenvalue weighted by Gasteiger charge is -2.31. The second-order valence-corrected chi connectivity index (χ2v) is 11.3. The number of unbranched alkanes of at least 4 members (excludes halogenated alkanes) is 13. The summed E-state index contributed by atoms with van der Waals surface area (Å²) < 4.78 is 39.0. The lowest BCUT2D eigenvalue weighted by atomic mass is 9.92. The fourth-order valence-corrected chi connectivity index (χ4v) is 4.54. The van der Waals surface area contributed by atoms with Crippen molar-refractivity contribution in [1.29, 1.82) is 0 Å². The Hall–Kier alpha value is -0.400. The first-order chi connectivity index (χ1) is 21.2. The molecule has 0 rings (SSSR count). The summed E-state index contributed by atoms with van der Waals surface area (Å²) in [6.45, 7) is 7.70. The second-order valence-electron chi connectivity index (χ2n) is 11.3. The van der Waals surface area contributed by atoms with Gasteiger partial charge in [-0.25, -0.2) is 0 Å². The van der Waals surface area contributed by atoms with Gasteiger partial charge in [0.2, 0.25) is 0 Å². The van der Waals surface area contributed by atoms with Crippen molar-refractivity contribution in [3.05, 3.63) is 0 Å². The average molecular weight is 625 g/mol. The number of ether oxygens (including phenoxy) is 7. The molecule has 0 radical (unpaired) electrons. The van der Waals surface area contributed by atoms with Crippen LogP contribution in [0, 0.1) is 5.41 Å². The van der Waals surface area contributed by atoms with Crippen LogP contribution in [0.15, 0.2) is 0 Å². The molecule has 0 fully saturated rings. The van der Waals surface area contributed by atoms with Gasteiger partial charge in [0, 0.05) is 6.61 Å². The molecule has 0 bridgehead atoms. The lowest BCUT2D eigenvalue weighted by Crippen LogP contribution is -2.41. The van der Waals surface area contributed by atoms with Crippen LogP contribution in [0.25, 0.3) is 0 Å². The summed E-state index contributed by atoms with van der Waals surface area (Å²) in [5, 5.41) is 27.7. The molecule has 0 aromatic carbocycles. The van der Waals surface area contributed by atoms with Crippen LogP contribution in [0.1, 0.15) is 96.8 Å². The summed E-state index contributed by atoms with van der Waals surface area (Å²) in [6.07, 6.45) is 18.5. The van der Waals surface area contributed by atoms with E-state index in [1.807, 2.05) is 0 Å². The van der Waals surface area contributed by atoms with Crippen LogP contribution >= 0.6 is 0 Å². The molecular formula is C33H68O10. The van der Waals surface area contributed by atoms with E-state index < -0.39 is 5.41 Å². The highest BCUT2D eigenvalue weighted by atomic mass is 16.6. The SMILES string of the molecule is CCCCCCCCCCCCCCCCOCC(CO)(COCCOCCOCCO)COCCOCCOCCO. The maximum Gasteiger partial charge on any atom is 0.0701 e. The zero-order valence-electron chi connectivity index (χ0n) is 27.6. The van der Waals surface area contributed by atoms with E-state index in [1.165, 1.54) is 77.0 Å². The molecule has 0 heterocycles. The molecule has 0 spiro atoms. The van der Waals surface area contributed by atoms with E-state index in [1.54, 1.807) is 0 Å². The first-order valence-electron chi connectivity index (χ1n) is 17.1. The number of aliphatic hydroxyl groups is 3. The van der Waals surface area contributed by atoms with Gasteiger partial charge in [-0.05, 0) is 6.42 Å². The molecule has 0 aliphatic carbocycles. The van der Waals surface area contributed by atoms with Crippen LogP contribution < -0.4 is 0 Å². The van der Waals surface area contributed by atoms with Crippen LogP contribution in [0.4, 0.5) is 0 Å². The van der Waals surface area contributed by atoms with Crippen LogP contribution in [0.5, 0.6) is 0 Å². The Morgan fingerprint density at radius 3 is 1.00 bits per heavy atom. The van der Waals surface area contributed by atoms with E-state index in [0.717, 1.165) is 12.8 Å². The van der Waals surface area contributed by atoms with Gasteiger partial charge < -0.3 is 48.5 Å². The normalized spacial score (nSPS) is 12.0. The fourth-order valence-electron chi connectivity index (χ4n) is 4.54. The monoisotopic (exact) mass is 624 g/mol. The van der Waals surface area contributed by atoms with Gasteiger partial charge in [-0.15, -0.1) is 0 Å².